The van der Waals surface area contributed by atoms with Crippen LogP contribution in [0.2, 0.25) is 0 Å². The molecule has 1 amide bonds. The summed E-state index contributed by atoms with van der Waals surface area (Å²) in [4.78, 5) is 23.6. The topological polar surface area (TPSA) is 89.9 Å². The molecule has 22 heavy (non-hydrogen) atoms. The van der Waals surface area contributed by atoms with Crippen LogP contribution in [0.1, 0.15) is 37.9 Å². The number of carbonyl (C=O) groups is 2. The van der Waals surface area contributed by atoms with E-state index in [1.54, 1.807) is 31.2 Å². The van der Waals surface area contributed by atoms with Gasteiger partial charge < -0.3 is 20.4 Å². The second-order valence-electron chi connectivity index (χ2n) is 5.28. The van der Waals surface area contributed by atoms with Gasteiger partial charge in [-0.25, -0.2) is 0 Å². The normalized spacial score (nSPS) is 12.2. The van der Waals surface area contributed by atoms with Gasteiger partial charge in [-0.1, -0.05) is 19.1 Å². The van der Waals surface area contributed by atoms with Crippen LogP contribution in [0, 0.1) is 0 Å². The van der Waals surface area contributed by atoms with E-state index in [1.807, 2.05) is 11.9 Å². The predicted octanol–water partition coefficient (Wildman–Crippen LogP) is 1.87. The molecular formula is C16H24N2O4. The number of anilines is 1. The molecule has 0 spiro atoms. The minimum Gasteiger partial charge on any atom is -0.481 e. The number of amides is 1. The molecule has 1 atom stereocenters. The summed E-state index contributed by atoms with van der Waals surface area (Å²) in [5.74, 6) is -0.870. The van der Waals surface area contributed by atoms with Crippen LogP contribution >= 0.6 is 0 Å². The molecule has 6 heteroatoms. The monoisotopic (exact) mass is 308 g/mol. The smallest absolute Gasteiger partial charge is 0.304 e. The minimum atomic E-state index is -0.822. The fourth-order valence-electron chi connectivity index (χ4n) is 1.95. The fraction of sp³-hybridized carbons (Fsp3) is 0.500. The van der Waals surface area contributed by atoms with Crippen molar-refractivity contribution in [3.8, 4) is 0 Å². The van der Waals surface area contributed by atoms with Crippen LogP contribution in [-0.2, 0) is 9.59 Å². The Hall–Kier alpha value is -1.92. The van der Waals surface area contributed by atoms with E-state index in [2.05, 4.69) is 5.32 Å². The number of carboxylic acids is 1. The van der Waals surface area contributed by atoms with Crippen LogP contribution in [0.4, 0.5) is 5.69 Å². The average Bonchev–Trinajstić information content (AvgIpc) is 2.51. The maximum atomic E-state index is 11.3. The number of hydrogen-bond acceptors (Lipinski definition) is 4. The van der Waals surface area contributed by atoms with Crippen molar-refractivity contribution in [3.63, 3.8) is 0 Å². The van der Waals surface area contributed by atoms with Crippen LogP contribution in [0.5, 0.6) is 0 Å². The second-order valence-corrected chi connectivity index (χ2v) is 5.28. The summed E-state index contributed by atoms with van der Waals surface area (Å²) in [6.07, 6.45) is 0.436. The lowest BCUT2D eigenvalue weighted by atomic mass is 10.1. The highest BCUT2D eigenvalue weighted by Crippen LogP contribution is 2.19. The molecule has 6 nitrogen and oxygen atoms in total. The number of nitrogens with one attached hydrogen (secondary N) is 1. The van der Waals surface area contributed by atoms with E-state index < -0.39 is 12.1 Å². The number of carboxylic acid groups (broad SMARTS) is 1. The van der Waals surface area contributed by atoms with E-state index in [4.69, 9.17) is 5.11 Å². The minimum absolute atomic E-state index is 0.0478. The number of aliphatic hydroxyl groups excluding tert-OH is 1. The van der Waals surface area contributed by atoms with Crippen LogP contribution in [-0.4, -0.2) is 47.1 Å². The maximum absolute atomic E-state index is 11.3. The zero-order chi connectivity index (χ0) is 16.5. The number of nitrogens with zero attached hydrogens (tertiary/aromatic N) is 1. The van der Waals surface area contributed by atoms with Crippen LogP contribution in [0.3, 0.4) is 0 Å². The van der Waals surface area contributed by atoms with Gasteiger partial charge in [-0.15, -0.1) is 0 Å². The van der Waals surface area contributed by atoms with E-state index in [1.165, 1.54) is 0 Å². The largest absolute Gasteiger partial charge is 0.481 e. The lowest BCUT2D eigenvalue weighted by molar-refractivity contribution is -0.137. The summed E-state index contributed by atoms with van der Waals surface area (Å²) in [5, 5.41) is 21.5. The molecule has 0 aliphatic heterocycles. The molecule has 0 bridgehead atoms. The van der Waals surface area contributed by atoms with E-state index in [0.29, 0.717) is 31.6 Å². The standard InChI is InChI=1S/C16H24N2O4/c1-3-15(20)17-13-6-4-12(5-7-13)14(19)8-10-18(2)11-9-16(21)22/h4-7,14,19H,3,8-11H2,1-2H3,(H,17,20)(H,21,22). The van der Waals surface area contributed by atoms with Gasteiger partial charge in [0, 0.05) is 25.2 Å². The second kappa shape index (κ2) is 9.17. The number of aliphatic hydroxyl groups is 1. The maximum Gasteiger partial charge on any atom is 0.304 e. The van der Waals surface area contributed by atoms with Crippen LogP contribution < -0.4 is 5.32 Å². The van der Waals surface area contributed by atoms with Gasteiger partial charge in [0.15, 0.2) is 0 Å². The Bertz CT molecular complexity index is 487. The van der Waals surface area contributed by atoms with E-state index in [0.717, 1.165) is 5.56 Å². The highest BCUT2D eigenvalue weighted by atomic mass is 16.4. The van der Waals surface area contributed by atoms with Gasteiger partial charge in [0.05, 0.1) is 12.5 Å². The molecule has 0 aliphatic rings. The molecule has 1 rings (SSSR count). The molecule has 1 unspecified atom stereocenters. The molecule has 0 aliphatic carbocycles. The third-order valence-corrected chi connectivity index (χ3v) is 3.39. The molecule has 122 valence electrons. The van der Waals surface area contributed by atoms with Gasteiger partial charge >= 0.3 is 5.97 Å². The highest BCUT2D eigenvalue weighted by Gasteiger charge is 2.10. The Morgan fingerprint density at radius 3 is 2.41 bits per heavy atom. The van der Waals surface area contributed by atoms with E-state index >= 15 is 0 Å². The van der Waals surface area contributed by atoms with Gasteiger partial charge in [0.1, 0.15) is 0 Å². The molecule has 0 aromatic heterocycles. The Kier molecular flexibility index (Phi) is 7.56. The molecular weight excluding hydrogens is 284 g/mol. The Labute approximate surface area is 130 Å². The van der Waals surface area contributed by atoms with Gasteiger partial charge in [0.25, 0.3) is 0 Å². The third kappa shape index (κ3) is 6.69. The third-order valence-electron chi connectivity index (χ3n) is 3.39. The van der Waals surface area contributed by atoms with Gasteiger partial charge in [0.2, 0.25) is 5.91 Å². The lowest BCUT2D eigenvalue weighted by Gasteiger charge is -2.18. The van der Waals surface area contributed by atoms with Gasteiger partial charge in [-0.05, 0) is 31.2 Å². The first-order valence-electron chi connectivity index (χ1n) is 7.40. The predicted molar refractivity (Wildman–Crippen MR) is 84.7 cm³/mol. The quantitative estimate of drug-likeness (QED) is 0.648. The zero-order valence-electron chi connectivity index (χ0n) is 13.1. The molecule has 3 N–H and O–H groups in total. The van der Waals surface area contributed by atoms with Gasteiger partial charge in [-0.2, -0.15) is 0 Å². The fourth-order valence-corrected chi connectivity index (χ4v) is 1.95. The van der Waals surface area contributed by atoms with Crippen molar-refractivity contribution in [3.05, 3.63) is 29.8 Å². The summed E-state index contributed by atoms with van der Waals surface area (Å²) in [6.45, 7) is 2.86. The molecule has 0 heterocycles. The van der Waals surface area contributed by atoms with Crippen molar-refractivity contribution in [2.75, 3.05) is 25.5 Å². The van der Waals surface area contributed by atoms with Crippen molar-refractivity contribution in [1.29, 1.82) is 0 Å². The number of carbonyl (C=O) groups excluding carboxylic acids is 1. The van der Waals surface area contributed by atoms with Crippen LogP contribution in [0.25, 0.3) is 0 Å². The van der Waals surface area contributed by atoms with Crippen molar-refractivity contribution in [2.45, 2.75) is 32.3 Å². The Balaban J connectivity index is 2.43. The molecule has 0 saturated carbocycles. The summed E-state index contributed by atoms with van der Waals surface area (Å²) < 4.78 is 0. The van der Waals surface area contributed by atoms with Crippen molar-refractivity contribution in [2.24, 2.45) is 0 Å². The van der Waals surface area contributed by atoms with Gasteiger partial charge in [-0.3, -0.25) is 9.59 Å². The summed E-state index contributed by atoms with van der Waals surface area (Å²) >= 11 is 0. The van der Waals surface area contributed by atoms with Crippen molar-refractivity contribution in [1.82, 2.24) is 4.90 Å². The molecule has 1 aromatic carbocycles. The molecule has 0 saturated heterocycles. The first kappa shape index (κ1) is 18.1. The lowest BCUT2D eigenvalue weighted by Crippen LogP contribution is -2.24. The van der Waals surface area contributed by atoms with E-state index in [-0.39, 0.29) is 12.3 Å². The first-order chi connectivity index (χ1) is 10.4. The number of benzene rings is 1. The Morgan fingerprint density at radius 2 is 1.86 bits per heavy atom. The summed E-state index contributed by atoms with van der Waals surface area (Å²) in [7, 11) is 1.83. The Morgan fingerprint density at radius 1 is 1.23 bits per heavy atom. The molecule has 1 aromatic rings. The summed E-state index contributed by atoms with van der Waals surface area (Å²) in [6, 6.07) is 7.10. The molecule has 0 radical (unpaired) electrons. The first-order valence-corrected chi connectivity index (χ1v) is 7.40. The number of hydrogen-bond donors (Lipinski definition) is 3. The zero-order valence-corrected chi connectivity index (χ0v) is 13.1. The highest BCUT2D eigenvalue weighted by molar-refractivity contribution is 5.90. The van der Waals surface area contributed by atoms with Crippen molar-refractivity contribution >= 4 is 17.6 Å². The molecule has 0 fully saturated rings. The van der Waals surface area contributed by atoms with E-state index in [9.17, 15) is 14.7 Å². The van der Waals surface area contributed by atoms with Crippen LogP contribution in [0.15, 0.2) is 24.3 Å². The summed E-state index contributed by atoms with van der Waals surface area (Å²) in [5.41, 5.74) is 1.49. The number of aliphatic carboxylic acids is 1. The average molecular weight is 308 g/mol. The van der Waals surface area contributed by atoms with Crippen molar-refractivity contribution < 1.29 is 19.8 Å². The SMILES string of the molecule is CCC(=O)Nc1ccc(C(O)CCN(C)CCC(=O)O)cc1. The number of rotatable bonds is 9.